The quantitative estimate of drug-likeness (QED) is 0.196. The van der Waals surface area contributed by atoms with Gasteiger partial charge in [-0.25, -0.2) is 4.79 Å². The number of rotatable bonds is 5. The number of esters is 1. The number of benzene rings is 1. The normalized spacial score (nSPS) is 15.4. The number of nitrogens with zero attached hydrogens (tertiary/aromatic N) is 3. The van der Waals surface area contributed by atoms with Gasteiger partial charge in [-0.15, -0.1) is 5.54 Å². The van der Waals surface area contributed by atoms with Gasteiger partial charge in [-0.2, -0.15) is 0 Å². The fraction of sp³-hybridized carbons (Fsp3) is 0.500. The van der Waals surface area contributed by atoms with E-state index in [1.54, 1.807) is 24.3 Å². The third kappa shape index (κ3) is 6.76. The molecule has 0 radical (unpaired) electrons. The molecule has 0 bridgehead atoms. The van der Waals surface area contributed by atoms with Crippen molar-refractivity contribution >= 4 is 25.6 Å². The molecule has 1 aliphatic rings. The van der Waals surface area contributed by atoms with E-state index in [1.807, 2.05) is 19.6 Å². The van der Waals surface area contributed by atoms with Crippen molar-refractivity contribution < 1.29 is 14.3 Å². The highest BCUT2D eigenvalue weighted by Gasteiger charge is 2.29. The van der Waals surface area contributed by atoms with Gasteiger partial charge in [0.2, 0.25) is 6.10 Å². The maximum absolute atomic E-state index is 12.9. The van der Waals surface area contributed by atoms with Crippen LogP contribution in [0.4, 0.5) is 5.69 Å². The largest absolute Gasteiger partial charge is 0.438 e. The van der Waals surface area contributed by atoms with Crippen LogP contribution in [0.1, 0.15) is 43.8 Å². The van der Waals surface area contributed by atoms with Crippen molar-refractivity contribution in [2.75, 3.05) is 0 Å². The van der Waals surface area contributed by atoms with Gasteiger partial charge in [0.25, 0.3) is 5.91 Å². The molecule has 28 heavy (non-hydrogen) atoms. The van der Waals surface area contributed by atoms with E-state index in [4.69, 9.17) is 10.3 Å². The van der Waals surface area contributed by atoms with E-state index in [0.29, 0.717) is 5.56 Å². The van der Waals surface area contributed by atoms with Crippen LogP contribution in [0.5, 0.6) is 0 Å². The average molecular weight is 399 g/mol. The van der Waals surface area contributed by atoms with Crippen LogP contribution in [0, 0.1) is 11.5 Å². The Balaban J connectivity index is 2.29. The summed E-state index contributed by atoms with van der Waals surface area (Å²) in [5, 5.41) is 6.60. The fourth-order valence-electron chi connectivity index (χ4n) is 3.01. The van der Waals surface area contributed by atoms with Crippen LogP contribution in [-0.4, -0.2) is 26.0 Å². The minimum absolute atomic E-state index is 0.0575. The first-order chi connectivity index (χ1) is 13.3. The van der Waals surface area contributed by atoms with E-state index in [1.165, 1.54) is 0 Å². The molecule has 1 N–H and O–H groups in total. The maximum atomic E-state index is 12.9. The summed E-state index contributed by atoms with van der Waals surface area (Å²) in [5.74, 6) is 1.32. The SMILES string of the molecule is C[Si](C)(C)C#CC(=O)OC(C(=O)NC1CCCCC1)c1ccccc1N=[N+]=[N-]. The highest BCUT2D eigenvalue weighted by atomic mass is 28.3. The van der Waals surface area contributed by atoms with Crippen molar-refractivity contribution in [3.63, 3.8) is 0 Å². The molecule has 1 amide bonds. The Kier molecular flexibility index (Phi) is 7.67. The lowest BCUT2D eigenvalue weighted by Gasteiger charge is -2.25. The molecule has 1 fully saturated rings. The van der Waals surface area contributed by atoms with Gasteiger partial charge in [0.15, 0.2) is 0 Å². The molecule has 0 heterocycles. The lowest BCUT2D eigenvalue weighted by Crippen LogP contribution is -2.40. The number of amides is 1. The summed E-state index contributed by atoms with van der Waals surface area (Å²) in [6, 6.07) is 6.65. The van der Waals surface area contributed by atoms with Gasteiger partial charge in [-0.3, -0.25) is 4.79 Å². The molecule has 0 aliphatic heterocycles. The zero-order valence-corrected chi connectivity index (χ0v) is 17.6. The Hall–Kier alpha value is -2.75. The number of carbonyl (C=O) groups is 2. The van der Waals surface area contributed by atoms with Crippen molar-refractivity contribution in [2.45, 2.75) is 63.9 Å². The number of ether oxygens (including phenoxy) is 1. The number of carbonyl (C=O) groups excluding carboxylic acids is 2. The summed E-state index contributed by atoms with van der Waals surface area (Å²) in [6.45, 7) is 6.03. The molecule has 1 saturated carbocycles. The summed E-state index contributed by atoms with van der Waals surface area (Å²) in [5.41, 5.74) is 12.3. The van der Waals surface area contributed by atoms with E-state index < -0.39 is 26.1 Å². The molecular formula is C20H26N4O3Si. The summed E-state index contributed by atoms with van der Waals surface area (Å²) < 4.78 is 5.44. The van der Waals surface area contributed by atoms with Crippen molar-refractivity contribution in [3.8, 4) is 11.5 Å². The number of azide groups is 1. The molecule has 0 spiro atoms. The zero-order valence-electron chi connectivity index (χ0n) is 16.6. The van der Waals surface area contributed by atoms with Crippen LogP contribution >= 0.6 is 0 Å². The molecular weight excluding hydrogens is 372 g/mol. The minimum atomic E-state index is -1.77. The maximum Gasteiger partial charge on any atom is 0.384 e. The van der Waals surface area contributed by atoms with Gasteiger partial charge >= 0.3 is 5.97 Å². The molecule has 2 rings (SSSR count). The van der Waals surface area contributed by atoms with Crippen molar-refractivity contribution in [1.29, 1.82) is 0 Å². The zero-order chi connectivity index (χ0) is 20.6. The smallest absolute Gasteiger partial charge is 0.384 e. The molecule has 1 aliphatic carbocycles. The molecule has 8 heteroatoms. The van der Waals surface area contributed by atoms with E-state index >= 15 is 0 Å². The van der Waals surface area contributed by atoms with Gasteiger partial charge < -0.3 is 10.1 Å². The molecule has 1 unspecified atom stereocenters. The Morgan fingerprint density at radius 3 is 2.57 bits per heavy atom. The van der Waals surface area contributed by atoms with Crippen molar-refractivity contribution in [1.82, 2.24) is 5.32 Å². The molecule has 148 valence electrons. The van der Waals surface area contributed by atoms with Gasteiger partial charge in [0.05, 0.1) is 0 Å². The van der Waals surface area contributed by atoms with E-state index in [9.17, 15) is 9.59 Å². The monoisotopic (exact) mass is 398 g/mol. The molecule has 1 aromatic carbocycles. The van der Waals surface area contributed by atoms with Crippen molar-refractivity contribution in [3.05, 3.63) is 40.3 Å². The third-order valence-corrected chi connectivity index (χ3v) is 5.20. The predicted octanol–water partition coefficient (Wildman–Crippen LogP) is 4.54. The second kappa shape index (κ2) is 9.97. The first-order valence-electron chi connectivity index (χ1n) is 9.48. The Labute approximate surface area is 166 Å². The van der Waals surface area contributed by atoms with Crippen LogP contribution < -0.4 is 5.32 Å². The average Bonchev–Trinajstić information content (AvgIpc) is 2.65. The second-order valence-corrected chi connectivity index (χ2v) is 12.6. The van der Waals surface area contributed by atoms with Crippen LogP contribution in [0.25, 0.3) is 10.4 Å². The Morgan fingerprint density at radius 2 is 1.93 bits per heavy atom. The third-order valence-electron chi connectivity index (χ3n) is 4.33. The number of hydrogen-bond acceptors (Lipinski definition) is 4. The summed E-state index contributed by atoms with van der Waals surface area (Å²) in [6.07, 6.45) is 3.88. The van der Waals surface area contributed by atoms with Crippen LogP contribution in [0.3, 0.4) is 0 Å². The fourth-order valence-corrected chi connectivity index (χ4v) is 3.48. The highest BCUT2D eigenvalue weighted by Crippen LogP contribution is 2.29. The van der Waals surface area contributed by atoms with Crippen LogP contribution in [-0.2, 0) is 14.3 Å². The number of nitrogens with one attached hydrogen (secondary N) is 1. The molecule has 0 aromatic heterocycles. The molecule has 7 nitrogen and oxygen atoms in total. The topological polar surface area (TPSA) is 104 Å². The van der Waals surface area contributed by atoms with E-state index in [0.717, 1.165) is 32.1 Å². The van der Waals surface area contributed by atoms with Gasteiger partial charge in [0, 0.05) is 28.1 Å². The summed E-state index contributed by atoms with van der Waals surface area (Å²) in [4.78, 5) is 28.0. The molecule has 1 aromatic rings. The van der Waals surface area contributed by atoms with Gasteiger partial charge in [-0.1, -0.05) is 68.3 Å². The lowest BCUT2D eigenvalue weighted by atomic mass is 9.95. The first-order valence-corrected chi connectivity index (χ1v) is 13.0. The highest BCUT2D eigenvalue weighted by molar-refractivity contribution is 6.84. The second-order valence-electron chi connectivity index (χ2n) is 7.88. The summed E-state index contributed by atoms with van der Waals surface area (Å²) in [7, 11) is -1.77. The van der Waals surface area contributed by atoms with E-state index in [2.05, 4.69) is 26.8 Å². The Bertz CT molecular complexity index is 826. The van der Waals surface area contributed by atoms with Crippen LogP contribution in [0.15, 0.2) is 29.4 Å². The Morgan fingerprint density at radius 1 is 1.25 bits per heavy atom. The predicted molar refractivity (Wildman–Crippen MR) is 110 cm³/mol. The molecule has 0 saturated heterocycles. The number of hydrogen-bond donors (Lipinski definition) is 1. The van der Waals surface area contributed by atoms with E-state index in [-0.39, 0.29) is 11.7 Å². The standard InChI is InChI=1S/C20H26N4O3Si/c1-28(2,3)14-13-18(25)27-19(16-11-7-8-12-17(16)23-24-21)20(26)22-15-9-5-4-6-10-15/h7-8,11-12,15,19H,4-6,9-10H2,1-3H3,(H,22,26). The van der Waals surface area contributed by atoms with Crippen LogP contribution in [0.2, 0.25) is 19.6 Å². The van der Waals surface area contributed by atoms with Gasteiger partial charge in [0.1, 0.15) is 8.07 Å². The summed E-state index contributed by atoms with van der Waals surface area (Å²) >= 11 is 0. The van der Waals surface area contributed by atoms with Crippen molar-refractivity contribution in [2.24, 2.45) is 5.11 Å². The first kappa shape index (κ1) is 21.5. The minimum Gasteiger partial charge on any atom is -0.438 e. The molecule has 1 atom stereocenters. The van der Waals surface area contributed by atoms with Gasteiger partial charge in [-0.05, 0) is 18.4 Å². The lowest BCUT2D eigenvalue weighted by molar-refractivity contribution is -0.151.